The minimum Gasteiger partial charge on any atom is -0.493 e. The Hall–Kier alpha value is -0.990. The minimum atomic E-state index is 0.391. The summed E-state index contributed by atoms with van der Waals surface area (Å²) in [6.07, 6.45) is 4.11. The van der Waals surface area contributed by atoms with Gasteiger partial charge in [0.15, 0.2) is 0 Å². The van der Waals surface area contributed by atoms with Crippen LogP contribution in [0.4, 0.5) is 0 Å². The van der Waals surface area contributed by atoms with Crippen LogP contribution in [0.25, 0.3) is 0 Å². The molecule has 0 N–H and O–H groups in total. The van der Waals surface area contributed by atoms with Crippen molar-refractivity contribution < 1.29 is 4.74 Å². The first-order chi connectivity index (χ1) is 8.22. The topological polar surface area (TPSA) is 12.5 Å². The molecule has 0 saturated carbocycles. The zero-order valence-corrected chi connectivity index (χ0v) is 10.9. The van der Waals surface area contributed by atoms with Crippen molar-refractivity contribution in [2.75, 3.05) is 20.2 Å². The Balaban J connectivity index is 2.32. The van der Waals surface area contributed by atoms with Gasteiger partial charge in [0.05, 0.1) is 6.61 Å². The second-order valence-corrected chi connectivity index (χ2v) is 4.85. The Morgan fingerprint density at radius 1 is 1.59 bits per heavy atom. The molecule has 0 aliphatic carbocycles. The molecule has 0 radical (unpaired) electrons. The fourth-order valence-corrected chi connectivity index (χ4v) is 2.47. The Labute approximate surface area is 108 Å². The fourth-order valence-electron chi connectivity index (χ4n) is 2.31. The zero-order chi connectivity index (χ0) is 12.3. The van der Waals surface area contributed by atoms with Gasteiger partial charge in [-0.25, -0.2) is 0 Å². The lowest BCUT2D eigenvalue weighted by atomic mass is 10.0. The number of hydrogen-bond donors (Lipinski definition) is 0. The van der Waals surface area contributed by atoms with E-state index in [-0.39, 0.29) is 0 Å². The Morgan fingerprint density at radius 2 is 2.41 bits per heavy atom. The number of rotatable bonds is 3. The summed E-state index contributed by atoms with van der Waals surface area (Å²) in [5.41, 5.74) is 1.23. The number of halogens is 1. The largest absolute Gasteiger partial charge is 0.493 e. The van der Waals surface area contributed by atoms with Crippen molar-refractivity contribution >= 4 is 11.6 Å². The van der Waals surface area contributed by atoms with Crippen LogP contribution in [0.1, 0.15) is 24.4 Å². The van der Waals surface area contributed by atoms with Gasteiger partial charge in [-0.15, -0.1) is 6.58 Å². The van der Waals surface area contributed by atoms with E-state index in [1.165, 1.54) is 5.56 Å². The highest BCUT2D eigenvalue weighted by Gasteiger charge is 2.22. The number of hydrogen-bond acceptors (Lipinski definition) is 2. The van der Waals surface area contributed by atoms with Gasteiger partial charge in [0.2, 0.25) is 0 Å². The molecule has 0 bridgehead atoms. The van der Waals surface area contributed by atoms with E-state index >= 15 is 0 Å². The highest BCUT2D eigenvalue weighted by molar-refractivity contribution is 6.30. The Bertz CT molecular complexity index is 405. The molecule has 0 saturated heterocycles. The molecule has 0 aromatic heterocycles. The van der Waals surface area contributed by atoms with E-state index in [0.717, 1.165) is 36.8 Å². The molecule has 3 heteroatoms. The van der Waals surface area contributed by atoms with E-state index in [2.05, 4.69) is 24.6 Å². The molecule has 1 aliphatic heterocycles. The Kier molecular flexibility index (Phi) is 4.08. The highest BCUT2D eigenvalue weighted by atomic mass is 35.5. The molecule has 0 fully saturated rings. The summed E-state index contributed by atoms with van der Waals surface area (Å²) in [5.74, 6) is 0.927. The van der Waals surface area contributed by atoms with Crippen molar-refractivity contribution in [2.24, 2.45) is 0 Å². The second kappa shape index (κ2) is 5.56. The van der Waals surface area contributed by atoms with Gasteiger partial charge in [0.25, 0.3) is 0 Å². The van der Waals surface area contributed by atoms with Gasteiger partial charge in [-0.1, -0.05) is 23.7 Å². The number of benzene rings is 1. The summed E-state index contributed by atoms with van der Waals surface area (Å²) in [6.45, 7) is 5.45. The first kappa shape index (κ1) is 12.5. The maximum absolute atomic E-state index is 6.01. The van der Waals surface area contributed by atoms with Crippen LogP contribution in [0.15, 0.2) is 30.9 Å². The quantitative estimate of drug-likeness (QED) is 0.760. The normalized spacial score (nSPS) is 19.4. The van der Waals surface area contributed by atoms with E-state index in [1.807, 2.05) is 18.2 Å². The molecule has 1 atom stereocenters. The summed E-state index contributed by atoms with van der Waals surface area (Å²) in [6, 6.07) is 6.32. The molecule has 2 nitrogen and oxygen atoms in total. The molecule has 17 heavy (non-hydrogen) atoms. The Morgan fingerprint density at radius 3 is 3.18 bits per heavy atom. The third kappa shape index (κ3) is 2.82. The van der Waals surface area contributed by atoms with Crippen molar-refractivity contribution in [1.82, 2.24) is 4.90 Å². The lowest BCUT2D eigenvalue weighted by Gasteiger charge is -2.26. The van der Waals surface area contributed by atoms with Gasteiger partial charge < -0.3 is 4.74 Å². The smallest absolute Gasteiger partial charge is 0.125 e. The molecule has 0 amide bonds. The van der Waals surface area contributed by atoms with Crippen LogP contribution in [0.3, 0.4) is 0 Å². The zero-order valence-electron chi connectivity index (χ0n) is 10.2. The van der Waals surface area contributed by atoms with Crippen LogP contribution in [-0.2, 0) is 0 Å². The second-order valence-electron chi connectivity index (χ2n) is 4.42. The van der Waals surface area contributed by atoms with Crippen LogP contribution in [0.2, 0.25) is 5.02 Å². The van der Waals surface area contributed by atoms with E-state index in [0.29, 0.717) is 6.04 Å². The third-order valence-electron chi connectivity index (χ3n) is 3.16. The molecular formula is C14H18ClNO. The van der Waals surface area contributed by atoms with Crippen LogP contribution >= 0.6 is 11.6 Å². The van der Waals surface area contributed by atoms with E-state index < -0.39 is 0 Å². The minimum absolute atomic E-state index is 0.391. The fraction of sp³-hybridized carbons (Fsp3) is 0.429. The van der Waals surface area contributed by atoms with Gasteiger partial charge in [0, 0.05) is 23.2 Å². The summed E-state index contributed by atoms with van der Waals surface area (Å²) >= 11 is 6.01. The van der Waals surface area contributed by atoms with Crippen LogP contribution < -0.4 is 4.74 Å². The van der Waals surface area contributed by atoms with Crippen LogP contribution in [0, 0.1) is 0 Å². The number of nitrogens with zero attached hydrogens (tertiary/aromatic N) is 1. The number of fused-ring (bicyclic) bond motifs is 1. The van der Waals surface area contributed by atoms with Crippen molar-refractivity contribution in [1.29, 1.82) is 0 Å². The number of ether oxygens (including phenoxy) is 1. The molecule has 1 unspecified atom stereocenters. The van der Waals surface area contributed by atoms with Gasteiger partial charge in [-0.2, -0.15) is 0 Å². The van der Waals surface area contributed by atoms with E-state index in [9.17, 15) is 0 Å². The average molecular weight is 252 g/mol. The van der Waals surface area contributed by atoms with Gasteiger partial charge >= 0.3 is 0 Å². The SMILES string of the molecule is C=CCN(C)C1CCCOc2cc(Cl)ccc21. The van der Waals surface area contributed by atoms with Crippen molar-refractivity contribution in [3.63, 3.8) is 0 Å². The molecule has 1 aromatic rings. The molecule has 92 valence electrons. The summed E-state index contributed by atoms with van der Waals surface area (Å²) in [4.78, 5) is 2.30. The predicted octanol–water partition coefficient (Wildman–Crippen LogP) is 3.67. The monoisotopic (exact) mass is 251 g/mol. The van der Waals surface area contributed by atoms with Crippen molar-refractivity contribution in [3.8, 4) is 5.75 Å². The van der Waals surface area contributed by atoms with Gasteiger partial charge in [-0.3, -0.25) is 4.90 Å². The summed E-state index contributed by atoms with van der Waals surface area (Å²) in [5, 5.41) is 0.732. The summed E-state index contributed by atoms with van der Waals surface area (Å²) in [7, 11) is 2.12. The lowest BCUT2D eigenvalue weighted by molar-refractivity contribution is 0.254. The highest BCUT2D eigenvalue weighted by Crippen LogP contribution is 2.36. The predicted molar refractivity (Wildman–Crippen MR) is 71.7 cm³/mol. The number of likely N-dealkylation sites (N-methyl/N-ethyl adjacent to an activating group) is 1. The molecule has 1 aromatic carbocycles. The molecular weight excluding hydrogens is 234 g/mol. The van der Waals surface area contributed by atoms with E-state index in [1.54, 1.807) is 0 Å². The maximum Gasteiger partial charge on any atom is 0.125 e. The molecule has 0 spiro atoms. The average Bonchev–Trinajstić information content (AvgIpc) is 2.51. The third-order valence-corrected chi connectivity index (χ3v) is 3.40. The standard InChI is InChI=1S/C14H18ClNO/c1-3-8-16(2)13-5-4-9-17-14-10-11(15)6-7-12(13)14/h3,6-7,10,13H,1,4-5,8-9H2,2H3. The summed E-state index contributed by atoms with van der Waals surface area (Å²) < 4.78 is 5.75. The lowest BCUT2D eigenvalue weighted by Crippen LogP contribution is -2.24. The first-order valence-corrected chi connectivity index (χ1v) is 6.33. The first-order valence-electron chi connectivity index (χ1n) is 5.95. The maximum atomic E-state index is 6.01. The van der Waals surface area contributed by atoms with E-state index in [4.69, 9.17) is 16.3 Å². The van der Waals surface area contributed by atoms with Crippen molar-refractivity contribution in [3.05, 3.63) is 41.4 Å². The van der Waals surface area contributed by atoms with Crippen molar-refractivity contribution in [2.45, 2.75) is 18.9 Å². The van der Waals surface area contributed by atoms with Gasteiger partial charge in [0.1, 0.15) is 5.75 Å². The molecule has 2 rings (SSSR count). The molecule has 1 heterocycles. The van der Waals surface area contributed by atoms with Crippen LogP contribution in [-0.4, -0.2) is 25.1 Å². The van der Waals surface area contributed by atoms with Gasteiger partial charge in [-0.05, 0) is 32.0 Å². The van der Waals surface area contributed by atoms with Crippen LogP contribution in [0.5, 0.6) is 5.75 Å². The molecule has 1 aliphatic rings.